The van der Waals surface area contributed by atoms with E-state index in [9.17, 15) is 9.59 Å². The third kappa shape index (κ3) is 5.08. The van der Waals surface area contributed by atoms with E-state index < -0.39 is 0 Å². The zero-order valence-electron chi connectivity index (χ0n) is 19.0. The summed E-state index contributed by atoms with van der Waals surface area (Å²) in [5.74, 6) is 0.317. The molecule has 2 heterocycles. The predicted octanol–water partition coefficient (Wildman–Crippen LogP) is 3.56. The first-order chi connectivity index (χ1) is 15.4. The van der Waals surface area contributed by atoms with E-state index in [-0.39, 0.29) is 17.2 Å². The minimum Gasteiger partial charge on any atom is -0.336 e. The monoisotopic (exact) mass is 470 g/mol. The summed E-state index contributed by atoms with van der Waals surface area (Å²) in [6, 6.07) is 10.1. The first kappa shape index (κ1) is 23.0. The molecule has 3 aromatic rings. The van der Waals surface area contributed by atoms with Gasteiger partial charge in [0.2, 0.25) is 5.91 Å². The standard InChI is InChI=1S/C24H30N4O2S2/c1-26(2)13-14-28(15-17-9-5-4-6-10-17)20(29)16-31-24-25-22-21(23(30)27(24)3)18-11-7-8-12-19(18)32-22/h4-6,9-10H,7-8,11-16H2,1-3H3. The van der Waals surface area contributed by atoms with Gasteiger partial charge in [0.25, 0.3) is 5.56 Å². The number of thiophene rings is 1. The van der Waals surface area contributed by atoms with E-state index in [1.807, 2.05) is 49.3 Å². The lowest BCUT2D eigenvalue weighted by atomic mass is 9.97. The number of thioether (sulfide) groups is 1. The first-order valence-corrected chi connectivity index (χ1v) is 12.8. The highest BCUT2D eigenvalue weighted by molar-refractivity contribution is 7.99. The van der Waals surface area contributed by atoms with Gasteiger partial charge in [0.15, 0.2) is 5.16 Å². The van der Waals surface area contributed by atoms with Gasteiger partial charge < -0.3 is 9.80 Å². The van der Waals surface area contributed by atoms with Crippen molar-refractivity contribution in [3.8, 4) is 0 Å². The Morgan fingerprint density at radius 3 is 2.66 bits per heavy atom. The topological polar surface area (TPSA) is 58.4 Å². The van der Waals surface area contributed by atoms with E-state index in [4.69, 9.17) is 4.98 Å². The van der Waals surface area contributed by atoms with Crippen molar-refractivity contribution in [2.24, 2.45) is 7.05 Å². The van der Waals surface area contributed by atoms with Gasteiger partial charge in [-0.1, -0.05) is 42.1 Å². The Hall–Kier alpha value is -2.16. The Morgan fingerprint density at radius 1 is 1.16 bits per heavy atom. The number of aryl methyl sites for hydroxylation is 2. The van der Waals surface area contributed by atoms with Gasteiger partial charge in [-0.05, 0) is 50.9 Å². The molecule has 4 rings (SSSR count). The van der Waals surface area contributed by atoms with Crippen molar-refractivity contribution < 1.29 is 4.79 Å². The Labute approximate surface area is 197 Å². The van der Waals surface area contributed by atoms with Crippen LogP contribution < -0.4 is 5.56 Å². The molecule has 0 unspecified atom stereocenters. The largest absolute Gasteiger partial charge is 0.336 e. The van der Waals surface area contributed by atoms with Crippen LogP contribution in [0.2, 0.25) is 0 Å². The number of carbonyl (C=O) groups is 1. The molecule has 0 spiro atoms. The number of benzene rings is 1. The van der Waals surface area contributed by atoms with E-state index in [1.165, 1.54) is 28.6 Å². The molecule has 0 saturated heterocycles. The van der Waals surface area contributed by atoms with Crippen LogP contribution in [0.15, 0.2) is 40.3 Å². The minimum atomic E-state index is 0.0121. The molecule has 0 radical (unpaired) electrons. The van der Waals surface area contributed by atoms with E-state index >= 15 is 0 Å². The molecular weight excluding hydrogens is 440 g/mol. The molecule has 32 heavy (non-hydrogen) atoms. The van der Waals surface area contributed by atoms with E-state index in [0.717, 1.165) is 41.6 Å². The molecule has 1 aliphatic rings. The van der Waals surface area contributed by atoms with Crippen molar-refractivity contribution >= 4 is 39.2 Å². The average Bonchev–Trinajstić information content (AvgIpc) is 3.16. The number of hydrogen-bond acceptors (Lipinski definition) is 6. The molecule has 0 fully saturated rings. The zero-order chi connectivity index (χ0) is 22.7. The van der Waals surface area contributed by atoms with Gasteiger partial charge in [-0.15, -0.1) is 11.3 Å². The molecule has 6 nitrogen and oxygen atoms in total. The van der Waals surface area contributed by atoms with Gasteiger partial charge in [0.05, 0.1) is 11.1 Å². The summed E-state index contributed by atoms with van der Waals surface area (Å²) >= 11 is 3.01. The summed E-state index contributed by atoms with van der Waals surface area (Å²) in [4.78, 5) is 37.1. The van der Waals surface area contributed by atoms with Crippen LogP contribution in [0.4, 0.5) is 0 Å². The lowest BCUT2D eigenvalue weighted by Gasteiger charge is -2.24. The van der Waals surface area contributed by atoms with Gasteiger partial charge >= 0.3 is 0 Å². The van der Waals surface area contributed by atoms with Crippen LogP contribution in [-0.4, -0.2) is 58.2 Å². The van der Waals surface area contributed by atoms with Crippen molar-refractivity contribution in [3.63, 3.8) is 0 Å². The second-order valence-electron chi connectivity index (χ2n) is 8.54. The fourth-order valence-electron chi connectivity index (χ4n) is 4.03. The van der Waals surface area contributed by atoms with E-state index in [1.54, 1.807) is 23.0 Å². The van der Waals surface area contributed by atoms with Crippen LogP contribution >= 0.6 is 23.1 Å². The van der Waals surface area contributed by atoms with Crippen molar-refractivity contribution in [2.75, 3.05) is 32.9 Å². The quantitative estimate of drug-likeness (QED) is 0.372. The third-order valence-electron chi connectivity index (χ3n) is 5.87. The summed E-state index contributed by atoms with van der Waals surface area (Å²) in [6.07, 6.45) is 4.33. The Morgan fingerprint density at radius 2 is 1.91 bits per heavy atom. The summed E-state index contributed by atoms with van der Waals surface area (Å²) in [5, 5.41) is 1.40. The van der Waals surface area contributed by atoms with Gasteiger partial charge in [-0.2, -0.15) is 0 Å². The Kier molecular flexibility index (Phi) is 7.33. The molecule has 1 amide bonds. The number of carbonyl (C=O) groups excluding carboxylic acids is 1. The van der Waals surface area contributed by atoms with Crippen LogP contribution in [0.25, 0.3) is 10.2 Å². The highest BCUT2D eigenvalue weighted by Crippen LogP contribution is 2.34. The second kappa shape index (κ2) is 10.2. The molecule has 1 aliphatic carbocycles. The molecular formula is C24H30N4O2S2. The molecule has 2 aromatic heterocycles. The normalized spacial score (nSPS) is 13.5. The lowest BCUT2D eigenvalue weighted by Crippen LogP contribution is -2.37. The maximum absolute atomic E-state index is 13.1. The third-order valence-corrected chi connectivity index (χ3v) is 8.07. The average molecular weight is 471 g/mol. The summed E-state index contributed by atoms with van der Waals surface area (Å²) in [5.41, 5.74) is 2.33. The number of rotatable bonds is 8. The number of likely N-dealkylation sites (N-methyl/N-ethyl adjacent to an activating group) is 1. The number of aromatic nitrogens is 2. The summed E-state index contributed by atoms with van der Waals surface area (Å²) in [7, 11) is 5.78. The number of nitrogens with zero attached hydrogens (tertiary/aromatic N) is 4. The maximum atomic E-state index is 13.1. The lowest BCUT2D eigenvalue weighted by molar-refractivity contribution is -0.129. The Bertz CT molecular complexity index is 1150. The Balaban J connectivity index is 1.52. The molecule has 0 atom stereocenters. The van der Waals surface area contributed by atoms with Gasteiger partial charge in [-0.25, -0.2) is 4.98 Å². The van der Waals surface area contributed by atoms with Crippen LogP contribution in [0.5, 0.6) is 0 Å². The first-order valence-electron chi connectivity index (χ1n) is 11.0. The summed E-state index contributed by atoms with van der Waals surface area (Å²) < 4.78 is 1.61. The smallest absolute Gasteiger partial charge is 0.262 e. The minimum absolute atomic E-state index is 0.0121. The van der Waals surface area contributed by atoms with E-state index in [0.29, 0.717) is 18.2 Å². The number of fused-ring (bicyclic) bond motifs is 3. The molecule has 0 bridgehead atoms. The molecule has 0 saturated carbocycles. The van der Waals surface area contributed by atoms with Crippen molar-refractivity contribution in [1.82, 2.24) is 19.4 Å². The molecule has 0 aliphatic heterocycles. The van der Waals surface area contributed by atoms with Crippen molar-refractivity contribution in [2.45, 2.75) is 37.4 Å². The number of hydrogen-bond donors (Lipinski definition) is 0. The molecule has 1 aromatic carbocycles. The maximum Gasteiger partial charge on any atom is 0.262 e. The fraction of sp³-hybridized carbons (Fsp3) is 0.458. The highest BCUT2D eigenvalue weighted by Gasteiger charge is 2.22. The molecule has 8 heteroatoms. The molecule has 0 N–H and O–H groups in total. The summed E-state index contributed by atoms with van der Waals surface area (Å²) in [6.45, 7) is 2.04. The van der Waals surface area contributed by atoms with Crippen LogP contribution in [-0.2, 0) is 31.2 Å². The van der Waals surface area contributed by atoms with Gasteiger partial charge in [0.1, 0.15) is 4.83 Å². The molecule has 170 valence electrons. The van der Waals surface area contributed by atoms with E-state index in [2.05, 4.69) is 4.90 Å². The second-order valence-corrected chi connectivity index (χ2v) is 10.6. The van der Waals surface area contributed by atoms with Gasteiger partial charge in [-0.3, -0.25) is 14.2 Å². The predicted molar refractivity (Wildman–Crippen MR) is 133 cm³/mol. The van der Waals surface area contributed by atoms with Gasteiger partial charge in [0, 0.05) is 31.6 Å². The number of amides is 1. The van der Waals surface area contributed by atoms with Crippen molar-refractivity contribution in [3.05, 3.63) is 56.7 Å². The zero-order valence-corrected chi connectivity index (χ0v) is 20.6. The SMILES string of the molecule is CN(C)CCN(Cc1ccccc1)C(=O)CSc1nc2sc3c(c2c(=O)n1C)CCCC3. The fourth-order valence-corrected chi connectivity index (χ4v) is 6.21. The van der Waals surface area contributed by atoms with Crippen LogP contribution in [0, 0.1) is 0 Å². The highest BCUT2D eigenvalue weighted by atomic mass is 32.2. The van der Waals surface area contributed by atoms with Crippen LogP contribution in [0.1, 0.15) is 28.8 Å². The van der Waals surface area contributed by atoms with Crippen LogP contribution in [0.3, 0.4) is 0 Å². The van der Waals surface area contributed by atoms with Crippen molar-refractivity contribution in [1.29, 1.82) is 0 Å².